The molecule has 0 atom stereocenters. The molecule has 1 aromatic carbocycles. The summed E-state index contributed by atoms with van der Waals surface area (Å²) in [4.78, 5) is 34.6. The first-order chi connectivity index (χ1) is 14.1. The number of rotatable bonds is 8. The van der Waals surface area contributed by atoms with E-state index >= 15 is 0 Å². The molecule has 0 saturated heterocycles. The van der Waals surface area contributed by atoms with E-state index in [-0.39, 0.29) is 11.8 Å². The highest BCUT2D eigenvalue weighted by atomic mass is 16.2. The van der Waals surface area contributed by atoms with Crippen LogP contribution in [0.4, 0.5) is 0 Å². The maximum absolute atomic E-state index is 12.9. The molecule has 0 spiro atoms. The number of H-pyrrole nitrogens is 1. The van der Waals surface area contributed by atoms with Gasteiger partial charge in [0.2, 0.25) is 11.8 Å². The van der Waals surface area contributed by atoms with Gasteiger partial charge in [-0.2, -0.15) is 0 Å². The number of pyridine rings is 1. The van der Waals surface area contributed by atoms with E-state index in [1.807, 2.05) is 36.5 Å². The van der Waals surface area contributed by atoms with E-state index in [1.165, 1.54) is 10.9 Å². The van der Waals surface area contributed by atoms with E-state index in [0.29, 0.717) is 25.9 Å². The van der Waals surface area contributed by atoms with Crippen LogP contribution >= 0.6 is 0 Å². The normalized spacial score (nSPS) is 14.5. The van der Waals surface area contributed by atoms with Gasteiger partial charge in [-0.3, -0.25) is 14.6 Å². The summed E-state index contributed by atoms with van der Waals surface area (Å²) < 4.78 is 0. The van der Waals surface area contributed by atoms with E-state index in [0.717, 1.165) is 23.9 Å². The Labute approximate surface area is 170 Å². The van der Waals surface area contributed by atoms with Gasteiger partial charge in [-0.15, -0.1) is 0 Å². The SMILES string of the molecule is CN(CCc1ccncc1)C(=O)C1(C(=O)NCCc2c[nH]c3ccccc23)CC1. The zero-order valence-corrected chi connectivity index (χ0v) is 16.6. The first-order valence-electron chi connectivity index (χ1n) is 10.1. The van der Waals surface area contributed by atoms with Gasteiger partial charge in [0.15, 0.2) is 0 Å². The number of hydrogen-bond acceptors (Lipinski definition) is 3. The lowest BCUT2D eigenvalue weighted by molar-refractivity contribution is -0.143. The van der Waals surface area contributed by atoms with Crippen LogP contribution in [0.2, 0.25) is 0 Å². The van der Waals surface area contributed by atoms with Gasteiger partial charge in [-0.25, -0.2) is 0 Å². The van der Waals surface area contributed by atoms with Crippen LogP contribution in [-0.4, -0.2) is 46.8 Å². The van der Waals surface area contributed by atoms with Crippen LogP contribution in [0.25, 0.3) is 10.9 Å². The topological polar surface area (TPSA) is 78.1 Å². The number of benzene rings is 1. The van der Waals surface area contributed by atoms with Crippen molar-refractivity contribution in [3.05, 3.63) is 66.1 Å². The van der Waals surface area contributed by atoms with Crippen molar-refractivity contribution in [3.63, 3.8) is 0 Å². The molecule has 1 aliphatic carbocycles. The van der Waals surface area contributed by atoms with Crippen molar-refractivity contribution in [2.45, 2.75) is 25.7 Å². The lowest BCUT2D eigenvalue weighted by Crippen LogP contribution is -2.44. The van der Waals surface area contributed by atoms with E-state index in [4.69, 9.17) is 0 Å². The molecule has 6 heteroatoms. The molecule has 3 aromatic rings. The Hall–Kier alpha value is -3.15. The number of likely N-dealkylation sites (N-methyl/N-ethyl adjacent to an activating group) is 1. The minimum atomic E-state index is -0.868. The standard InChI is InChI=1S/C23H26N4O2/c1-27(15-9-17-6-12-24-13-7-17)22(29)23(10-11-23)21(28)25-14-8-18-16-26-20-5-3-2-4-19(18)20/h2-7,12-13,16,26H,8-11,14-15H2,1H3,(H,25,28). The second-order valence-corrected chi connectivity index (χ2v) is 7.78. The third-order valence-electron chi connectivity index (χ3n) is 5.78. The monoisotopic (exact) mass is 390 g/mol. The summed E-state index contributed by atoms with van der Waals surface area (Å²) in [7, 11) is 1.78. The summed E-state index contributed by atoms with van der Waals surface area (Å²) in [6.07, 6.45) is 8.23. The molecule has 2 heterocycles. The number of fused-ring (bicyclic) bond motifs is 1. The Morgan fingerprint density at radius 3 is 2.66 bits per heavy atom. The predicted molar refractivity (Wildman–Crippen MR) is 112 cm³/mol. The van der Waals surface area contributed by atoms with E-state index in [2.05, 4.69) is 21.4 Å². The number of amides is 2. The summed E-state index contributed by atoms with van der Waals surface area (Å²) >= 11 is 0. The first-order valence-corrected chi connectivity index (χ1v) is 10.1. The van der Waals surface area contributed by atoms with Crippen molar-refractivity contribution < 1.29 is 9.59 Å². The van der Waals surface area contributed by atoms with Gasteiger partial charge in [0.1, 0.15) is 5.41 Å². The highest BCUT2D eigenvalue weighted by Crippen LogP contribution is 2.47. The molecular weight excluding hydrogens is 364 g/mol. The molecular formula is C23H26N4O2. The summed E-state index contributed by atoms with van der Waals surface area (Å²) in [6.45, 7) is 1.11. The Kier molecular flexibility index (Phi) is 5.34. The van der Waals surface area contributed by atoms with E-state index in [9.17, 15) is 9.59 Å². The second-order valence-electron chi connectivity index (χ2n) is 7.78. The first kappa shape index (κ1) is 19.2. The third kappa shape index (κ3) is 4.01. The molecule has 1 aliphatic rings. The molecule has 2 aromatic heterocycles. The zero-order valence-electron chi connectivity index (χ0n) is 16.6. The summed E-state index contributed by atoms with van der Waals surface area (Å²) in [5, 5.41) is 4.17. The zero-order chi connectivity index (χ0) is 20.3. The van der Waals surface area contributed by atoms with Crippen molar-refractivity contribution in [1.29, 1.82) is 0 Å². The molecule has 6 nitrogen and oxygen atoms in total. The van der Waals surface area contributed by atoms with Crippen LogP contribution in [-0.2, 0) is 22.4 Å². The Morgan fingerprint density at radius 2 is 1.90 bits per heavy atom. The van der Waals surface area contributed by atoms with Crippen LogP contribution < -0.4 is 5.32 Å². The predicted octanol–water partition coefficient (Wildman–Crippen LogP) is 2.70. The molecule has 4 rings (SSSR count). The van der Waals surface area contributed by atoms with Gasteiger partial charge in [-0.05, 0) is 55.0 Å². The lowest BCUT2D eigenvalue weighted by atomic mass is 10.0. The molecule has 0 aliphatic heterocycles. The quantitative estimate of drug-likeness (QED) is 0.581. The van der Waals surface area contributed by atoms with Crippen LogP contribution in [0.1, 0.15) is 24.0 Å². The summed E-state index contributed by atoms with van der Waals surface area (Å²) in [6, 6.07) is 12.0. The van der Waals surface area contributed by atoms with Crippen molar-refractivity contribution in [1.82, 2.24) is 20.2 Å². The maximum atomic E-state index is 12.9. The smallest absolute Gasteiger partial charge is 0.238 e. The highest BCUT2D eigenvalue weighted by Gasteiger charge is 2.57. The fourth-order valence-corrected chi connectivity index (χ4v) is 3.79. The number of aromatic amines is 1. The fourth-order valence-electron chi connectivity index (χ4n) is 3.79. The van der Waals surface area contributed by atoms with Crippen molar-refractivity contribution in [2.24, 2.45) is 5.41 Å². The van der Waals surface area contributed by atoms with Gasteiger partial charge in [0, 0.05) is 49.6 Å². The van der Waals surface area contributed by atoms with Gasteiger partial charge >= 0.3 is 0 Å². The minimum absolute atomic E-state index is 0.0730. The average molecular weight is 390 g/mol. The number of carbonyl (C=O) groups excluding carboxylic acids is 2. The van der Waals surface area contributed by atoms with Crippen molar-refractivity contribution >= 4 is 22.7 Å². The van der Waals surface area contributed by atoms with Gasteiger partial charge in [-0.1, -0.05) is 18.2 Å². The molecule has 0 unspecified atom stereocenters. The number of para-hydroxylation sites is 1. The minimum Gasteiger partial charge on any atom is -0.361 e. The van der Waals surface area contributed by atoms with Crippen LogP contribution in [0.15, 0.2) is 55.0 Å². The molecule has 0 bridgehead atoms. The number of nitrogens with one attached hydrogen (secondary N) is 2. The molecule has 0 radical (unpaired) electrons. The number of nitrogens with zero attached hydrogens (tertiary/aromatic N) is 2. The Balaban J connectivity index is 1.30. The number of carbonyl (C=O) groups is 2. The number of hydrogen-bond donors (Lipinski definition) is 2. The number of aromatic nitrogens is 2. The largest absolute Gasteiger partial charge is 0.361 e. The lowest BCUT2D eigenvalue weighted by Gasteiger charge is -2.23. The second kappa shape index (κ2) is 8.07. The molecule has 1 saturated carbocycles. The highest BCUT2D eigenvalue weighted by molar-refractivity contribution is 6.07. The van der Waals surface area contributed by atoms with E-state index in [1.54, 1.807) is 24.3 Å². The Bertz CT molecular complexity index is 1010. The summed E-state index contributed by atoms with van der Waals surface area (Å²) in [5.74, 6) is -0.214. The van der Waals surface area contributed by atoms with Gasteiger partial charge in [0.25, 0.3) is 0 Å². The van der Waals surface area contributed by atoms with E-state index < -0.39 is 5.41 Å². The van der Waals surface area contributed by atoms with Gasteiger partial charge < -0.3 is 15.2 Å². The maximum Gasteiger partial charge on any atom is 0.238 e. The molecule has 29 heavy (non-hydrogen) atoms. The average Bonchev–Trinajstić information content (AvgIpc) is 3.48. The van der Waals surface area contributed by atoms with Crippen LogP contribution in [0, 0.1) is 5.41 Å². The molecule has 1 fully saturated rings. The van der Waals surface area contributed by atoms with Crippen LogP contribution in [0.3, 0.4) is 0 Å². The van der Waals surface area contributed by atoms with Crippen LogP contribution in [0.5, 0.6) is 0 Å². The van der Waals surface area contributed by atoms with Crippen molar-refractivity contribution in [3.8, 4) is 0 Å². The molecule has 2 N–H and O–H groups in total. The molecule has 2 amide bonds. The van der Waals surface area contributed by atoms with Gasteiger partial charge in [0.05, 0.1) is 0 Å². The van der Waals surface area contributed by atoms with Crippen molar-refractivity contribution in [2.75, 3.05) is 20.1 Å². The molecule has 150 valence electrons. The fraction of sp³-hybridized carbons (Fsp3) is 0.348. The Morgan fingerprint density at radius 1 is 1.14 bits per heavy atom. The third-order valence-corrected chi connectivity index (χ3v) is 5.78. The summed E-state index contributed by atoms with van der Waals surface area (Å²) in [5.41, 5.74) is 2.53.